The molecule has 9 nitrogen and oxygen atoms in total. The molecule has 1 amide bonds. The number of carbonyl (C=O) groups is 1. The van der Waals surface area contributed by atoms with Gasteiger partial charge < -0.3 is 29.3 Å². The van der Waals surface area contributed by atoms with Crippen molar-refractivity contribution in [3.8, 4) is 28.4 Å². The number of likely N-dealkylation sites (N-methyl/N-ethyl adjacent to an activating group) is 1. The van der Waals surface area contributed by atoms with Gasteiger partial charge in [0.2, 0.25) is 5.91 Å². The molecule has 234 valence electrons. The van der Waals surface area contributed by atoms with E-state index < -0.39 is 11.6 Å². The maximum atomic E-state index is 14.6. The zero-order chi connectivity index (χ0) is 31.5. The Balaban J connectivity index is 1.34. The molecule has 2 aliphatic rings. The molecule has 2 saturated heterocycles. The molecule has 0 radical (unpaired) electrons. The van der Waals surface area contributed by atoms with Gasteiger partial charge in [-0.3, -0.25) is 4.79 Å². The molecule has 2 fully saturated rings. The standard InChI is InChI=1S/C34H35F2N5O4/c1-4-33(42)41-13-10-23(11-14-41)44-31-17-26-28(18-32(31)45-24-9-12-40(2)19-24)37-20-38-34(26)39-29-15-21(5-8-30(29)43-3)25-7-6-22(35)16-27(25)36/h4-8,15-18,20,23-24H,1,9-14,19H2,2-3H3,(H,37,38,39). The van der Waals surface area contributed by atoms with Crippen LogP contribution in [0.15, 0.2) is 67.5 Å². The van der Waals surface area contributed by atoms with E-state index in [9.17, 15) is 13.6 Å². The molecule has 1 unspecified atom stereocenters. The SMILES string of the molecule is C=CC(=O)N1CCC(Oc2cc3c(Nc4cc(-c5ccc(F)cc5F)ccc4OC)ncnc3cc2OC2CCN(C)C2)CC1. The maximum Gasteiger partial charge on any atom is 0.245 e. The van der Waals surface area contributed by atoms with Crippen LogP contribution in [0, 0.1) is 11.6 Å². The summed E-state index contributed by atoms with van der Waals surface area (Å²) in [5, 5.41) is 4.02. The van der Waals surface area contributed by atoms with Crippen LogP contribution in [-0.4, -0.2) is 78.2 Å². The Morgan fingerprint density at radius 1 is 0.956 bits per heavy atom. The van der Waals surface area contributed by atoms with Crippen molar-refractivity contribution in [1.82, 2.24) is 19.8 Å². The van der Waals surface area contributed by atoms with Crippen LogP contribution >= 0.6 is 0 Å². The number of fused-ring (bicyclic) bond motifs is 1. The number of carbonyl (C=O) groups excluding carboxylic acids is 1. The van der Waals surface area contributed by atoms with Crippen molar-refractivity contribution in [3.63, 3.8) is 0 Å². The van der Waals surface area contributed by atoms with Gasteiger partial charge in [0.25, 0.3) is 0 Å². The summed E-state index contributed by atoms with van der Waals surface area (Å²) in [6.45, 7) is 6.50. The van der Waals surface area contributed by atoms with Gasteiger partial charge in [-0.15, -0.1) is 0 Å². The Morgan fingerprint density at radius 3 is 2.42 bits per heavy atom. The Hall–Kier alpha value is -4.77. The summed E-state index contributed by atoms with van der Waals surface area (Å²) < 4.78 is 46.8. The van der Waals surface area contributed by atoms with Crippen LogP contribution in [0.3, 0.4) is 0 Å². The van der Waals surface area contributed by atoms with Gasteiger partial charge in [-0.05, 0) is 55.4 Å². The molecule has 3 aromatic carbocycles. The highest BCUT2D eigenvalue weighted by molar-refractivity contribution is 5.94. The molecule has 2 aliphatic heterocycles. The van der Waals surface area contributed by atoms with Gasteiger partial charge in [-0.2, -0.15) is 0 Å². The number of benzene rings is 3. The number of likely N-dealkylation sites (tertiary alicyclic amines) is 2. The van der Waals surface area contributed by atoms with E-state index in [4.69, 9.17) is 14.2 Å². The number of piperidine rings is 1. The second-order valence-electron chi connectivity index (χ2n) is 11.3. The van der Waals surface area contributed by atoms with Crippen LogP contribution in [0.5, 0.6) is 17.2 Å². The predicted octanol–water partition coefficient (Wildman–Crippen LogP) is 5.97. The van der Waals surface area contributed by atoms with Crippen molar-refractivity contribution in [2.75, 3.05) is 45.7 Å². The molecule has 1 atom stereocenters. The smallest absolute Gasteiger partial charge is 0.245 e. The molecule has 45 heavy (non-hydrogen) atoms. The number of ether oxygens (including phenoxy) is 3. The minimum atomic E-state index is -0.666. The first-order chi connectivity index (χ1) is 21.8. The summed E-state index contributed by atoms with van der Waals surface area (Å²) >= 11 is 0. The fourth-order valence-corrected chi connectivity index (χ4v) is 5.85. The van der Waals surface area contributed by atoms with Crippen LogP contribution < -0.4 is 19.5 Å². The van der Waals surface area contributed by atoms with Gasteiger partial charge in [0.05, 0.1) is 18.3 Å². The average Bonchev–Trinajstić information content (AvgIpc) is 3.45. The van der Waals surface area contributed by atoms with Crippen LogP contribution in [0.2, 0.25) is 0 Å². The fraction of sp³-hybridized carbons (Fsp3) is 0.324. The van der Waals surface area contributed by atoms with E-state index in [1.165, 1.54) is 24.5 Å². The minimum absolute atomic E-state index is 0.0140. The van der Waals surface area contributed by atoms with E-state index >= 15 is 0 Å². The lowest BCUT2D eigenvalue weighted by molar-refractivity contribution is -0.127. The second-order valence-corrected chi connectivity index (χ2v) is 11.3. The summed E-state index contributed by atoms with van der Waals surface area (Å²) in [4.78, 5) is 25.1. The zero-order valence-electron chi connectivity index (χ0n) is 25.3. The van der Waals surface area contributed by atoms with Gasteiger partial charge in [0.1, 0.15) is 41.7 Å². The summed E-state index contributed by atoms with van der Waals surface area (Å²) in [5.74, 6) is 0.770. The summed E-state index contributed by atoms with van der Waals surface area (Å²) in [6, 6.07) is 12.4. The topological polar surface area (TPSA) is 89.0 Å². The van der Waals surface area contributed by atoms with Gasteiger partial charge in [0, 0.05) is 62.1 Å². The van der Waals surface area contributed by atoms with Crippen LogP contribution in [0.4, 0.5) is 20.3 Å². The summed E-state index contributed by atoms with van der Waals surface area (Å²) in [7, 11) is 3.61. The number of rotatable bonds is 9. The Morgan fingerprint density at radius 2 is 1.71 bits per heavy atom. The first-order valence-electron chi connectivity index (χ1n) is 14.9. The average molecular weight is 616 g/mol. The molecule has 0 bridgehead atoms. The molecule has 0 saturated carbocycles. The van der Waals surface area contributed by atoms with E-state index in [-0.39, 0.29) is 23.7 Å². The van der Waals surface area contributed by atoms with Crippen LogP contribution in [0.25, 0.3) is 22.0 Å². The number of hydrogen-bond donors (Lipinski definition) is 1. The molecule has 4 aromatic rings. The Labute approximate surface area is 260 Å². The number of nitrogens with zero attached hydrogens (tertiary/aromatic N) is 4. The molecule has 1 N–H and O–H groups in total. The van der Waals surface area contributed by atoms with Crippen LogP contribution in [-0.2, 0) is 4.79 Å². The van der Waals surface area contributed by atoms with E-state index in [0.717, 1.165) is 25.6 Å². The Bertz CT molecular complexity index is 1730. The van der Waals surface area contributed by atoms with Gasteiger partial charge in [-0.25, -0.2) is 18.7 Å². The third kappa shape index (κ3) is 6.68. The van der Waals surface area contributed by atoms with Crippen molar-refractivity contribution in [3.05, 3.63) is 79.1 Å². The lowest BCUT2D eigenvalue weighted by atomic mass is 10.0. The zero-order valence-corrected chi connectivity index (χ0v) is 25.3. The largest absolute Gasteiger partial charge is 0.495 e. The molecule has 3 heterocycles. The van der Waals surface area contributed by atoms with Crippen molar-refractivity contribution < 1.29 is 27.8 Å². The molecule has 11 heteroatoms. The summed E-state index contributed by atoms with van der Waals surface area (Å²) in [6.07, 6.45) is 4.93. The normalized spacial score (nSPS) is 17.3. The van der Waals surface area contributed by atoms with Crippen molar-refractivity contribution in [2.45, 2.75) is 31.5 Å². The van der Waals surface area contributed by atoms with E-state index in [1.54, 1.807) is 30.2 Å². The number of hydrogen-bond acceptors (Lipinski definition) is 8. The number of anilines is 2. The molecule has 0 aliphatic carbocycles. The van der Waals surface area contributed by atoms with Gasteiger partial charge >= 0.3 is 0 Å². The monoisotopic (exact) mass is 615 g/mol. The molecular weight excluding hydrogens is 580 g/mol. The number of halogens is 2. The minimum Gasteiger partial charge on any atom is -0.495 e. The van der Waals surface area contributed by atoms with E-state index in [1.807, 2.05) is 12.1 Å². The molecule has 1 aromatic heterocycles. The Kier molecular flexibility index (Phi) is 8.79. The first-order valence-corrected chi connectivity index (χ1v) is 14.9. The third-order valence-corrected chi connectivity index (χ3v) is 8.26. The number of nitrogens with one attached hydrogen (secondary N) is 1. The number of methoxy groups -OCH3 is 1. The molecular formula is C34H35F2N5O4. The quantitative estimate of drug-likeness (QED) is 0.231. The maximum absolute atomic E-state index is 14.6. The highest BCUT2D eigenvalue weighted by atomic mass is 19.1. The van der Waals surface area contributed by atoms with Crippen molar-refractivity contribution in [2.24, 2.45) is 0 Å². The van der Waals surface area contributed by atoms with Gasteiger partial charge in [-0.1, -0.05) is 12.6 Å². The highest BCUT2D eigenvalue weighted by Gasteiger charge is 2.27. The van der Waals surface area contributed by atoms with E-state index in [2.05, 4.69) is 33.8 Å². The number of amides is 1. The van der Waals surface area contributed by atoms with Crippen molar-refractivity contribution >= 4 is 28.3 Å². The first kappa shape index (κ1) is 30.3. The lowest BCUT2D eigenvalue weighted by Gasteiger charge is -2.32. The molecule has 6 rings (SSSR count). The lowest BCUT2D eigenvalue weighted by Crippen LogP contribution is -2.41. The van der Waals surface area contributed by atoms with E-state index in [0.29, 0.717) is 71.2 Å². The van der Waals surface area contributed by atoms with Crippen LogP contribution in [0.1, 0.15) is 19.3 Å². The fourth-order valence-electron chi connectivity index (χ4n) is 5.85. The highest BCUT2D eigenvalue weighted by Crippen LogP contribution is 2.39. The van der Waals surface area contributed by atoms with Crippen molar-refractivity contribution in [1.29, 1.82) is 0 Å². The predicted molar refractivity (Wildman–Crippen MR) is 168 cm³/mol. The summed E-state index contributed by atoms with van der Waals surface area (Å²) in [5.41, 5.74) is 1.98. The molecule has 0 spiro atoms. The van der Waals surface area contributed by atoms with Gasteiger partial charge in [0.15, 0.2) is 11.5 Å². The number of aromatic nitrogens is 2. The second kappa shape index (κ2) is 13.1. The third-order valence-electron chi connectivity index (χ3n) is 8.26.